The van der Waals surface area contributed by atoms with Crippen molar-refractivity contribution in [1.29, 1.82) is 0 Å². The number of rotatable bonds is 7. The Labute approximate surface area is 398 Å². The summed E-state index contributed by atoms with van der Waals surface area (Å²) in [5.74, 6) is -4.97. The zero-order valence-electron chi connectivity index (χ0n) is 32.8. The van der Waals surface area contributed by atoms with Gasteiger partial charge in [0.05, 0.1) is 35.8 Å². The normalized spacial score (nSPS) is 34.2. The third-order valence-electron chi connectivity index (χ3n) is 12.7. The number of amides is 1. The maximum atomic E-state index is 14.7. The summed E-state index contributed by atoms with van der Waals surface area (Å²) < 4.78 is 17.8. The average molecular weight is 1200 g/mol. The van der Waals surface area contributed by atoms with Crippen molar-refractivity contribution in [2.75, 3.05) is 6.61 Å². The summed E-state index contributed by atoms with van der Waals surface area (Å²) in [6.45, 7) is 10.9. The first-order valence-electron chi connectivity index (χ1n) is 18.3. The van der Waals surface area contributed by atoms with Gasteiger partial charge in [-0.05, 0) is 54.7 Å². The number of nitrogens with one attached hydrogen (secondary N) is 1. The fraction of sp³-hybridized carbons (Fsp3) is 0.561. The third kappa shape index (κ3) is 7.83. The van der Waals surface area contributed by atoms with Gasteiger partial charge in [-0.15, -0.1) is 0 Å². The summed E-state index contributed by atoms with van der Waals surface area (Å²) in [5.41, 5.74) is -7.97. The molecule has 0 aromatic heterocycles. The SMILES string of the molecule is CC1=C2C(O)C(=O)[C@]3(C)C(O)CC4OC[C@@]4(O)C3C(OC(=O)c3ccccc3)C(O)(CC1OC(=O)C(O)[C@@H](NC(=O)c1ccccc1)C(C)(C)C)C2(C)C.[Ac].[Ac]. The molecule has 2 saturated carbocycles. The Hall–Kier alpha value is -1.10. The van der Waals surface area contributed by atoms with Crippen LogP contribution in [0.5, 0.6) is 0 Å². The minimum Gasteiger partial charge on any atom is -0.456 e. The molecule has 13 nitrogen and oxygen atoms in total. The van der Waals surface area contributed by atoms with Crippen LogP contribution in [-0.4, -0.2) is 110 Å². The van der Waals surface area contributed by atoms with Crippen molar-refractivity contribution >= 4 is 23.6 Å². The molecule has 3 fully saturated rings. The number of hydrogen-bond donors (Lipinski definition) is 6. The molecule has 3 aliphatic carbocycles. The summed E-state index contributed by atoms with van der Waals surface area (Å²) in [6.07, 6.45) is -10.1. The molecule has 1 amide bonds. The van der Waals surface area contributed by atoms with Crippen LogP contribution >= 0.6 is 0 Å². The van der Waals surface area contributed by atoms with Gasteiger partial charge in [-0.1, -0.05) is 71.0 Å². The van der Waals surface area contributed by atoms with Gasteiger partial charge in [0, 0.05) is 118 Å². The number of esters is 2. The van der Waals surface area contributed by atoms with Crippen LogP contribution in [-0.2, 0) is 23.8 Å². The Balaban J connectivity index is 0.00000348. The van der Waals surface area contributed by atoms with Crippen molar-refractivity contribution in [3.8, 4) is 0 Å². The van der Waals surface area contributed by atoms with Crippen LogP contribution in [0.2, 0.25) is 0 Å². The molecule has 4 aliphatic rings. The molecule has 298 valence electrons. The number of carbonyl (C=O) groups excluding carboxylic acids is 4. The van der Waals surface area contributed by atoms with E-state index in [9.17, 15) is 44.7 Å². The van der Waals surface area contributed by atoms with E-state index >= 15 is 0 Å². The predicted molar refractivity (Wildman–Crippen MR) is 193 cm³/mol. The van der Waals surface area contributed by atoms with Crippen LogP contribution in [0.25, 0.3) is 0 Å². The molecule has 1 aliphatic heterocycles. The maximum Gasteiger partial charge on any atom is 0.338 e. The zero-order chi connectivity index (χ0) is 39.8. The number of ether oxygens (including phenoxy) is 3. The monoisotopic (exact) mass is 1200 g/mol. The van der Waals surface area contributed by atoms with E-state index in [1.165, 1.54) is 26.0 Å². The molecular weight excluding hydrogens is 1150 g/mol. The van der Waals surface area contributed by atoms with Crippen molar-refractivity contribution < 1.29 is 147 Å². The molecule has 56 heavy (non-hydrogen) atoms. The number of ketones is 1. The molecule has 0 spiro atoms. The van der Waals surface area contributed by atoms with Crippen molar-refractivity contribution in [3.05, 3.63) is 82.9 Å². The second-order valence-corrected chi connectivity index (χ2v) is 17.2. The first-order valence-corrected chi connectivity index (χ1v) is 18.3. The predicted octanol–water partition coefficient (Wildman–Crippen LogP) is 2.27. The molecule has 15 heteroatoms. The molecule has 6 rings (SSSR count). The zero-order valence-corrected chi connectivity index (χ0v) is 42.3. The Morgan fingerprint density at radius 2 is 1.46 bits per heavy atom. The number of aliphatic hydroxyl groups excluding tert-OH is 3. The first kappa shape index (κ1) is 47.6. The number of aliphatic hydroxyl groups is 5. The maximum absolute atomic E-state index is 14.7. The molecular formula is C41H51Ac2NO12. The summed E-state index contributed by atoms with van der Waals surface area (Å²) >= 11 is 0. The number of carbonyl (C=O) groups is 4. The standard InChI is InChI=1S/C41H51NO12.2Ac/c1-21-24(53-36(49)29(45)31(37(2,3)4)42-34(47)22-14-10-8-11-15-22)19-41(51)33(54-35(48)23-16-12-9-13-17-23)30-39(7,25(43)18-26-40(30,50)20-52-26)32(46)28(44)27(21)38(41,5)6;;/h8-17,24-26,28-31,33,43-45,50-51H,18-20H2,1-7H3,(H,42,47);;/t24?,25?,26?,28?,29?,30?,31-,33?,39-,40+,41?;;/m1../s1. The molecule has 11 atom stereocenters. The van der Waals surface area contributed by atoms with Crippen molar-refractivity contribution in [2.24, 2.45) is 22.2 Å². The number of hydrogen-bond acceptors (Lipinski definition) is 12. The molecule has 2 aromatic rings. The number of benzene rings is 2. The van der Waals surface area contributed by atoms with Gasteiger partial charge in [-0.2, -0.15) is 0 Å². The fourth-order valence-corrected chi connectivity index (χ4v) is 9.31. The number of Topliss-reactive ketones (excluding diaryl/α,β-unsaturated/α-hetero) is 1. The van der Waals surface area contributed by atoms with Crippen molar-refractivity contribution in [1.82, 2.24) is 5.32 Å². The molecule has 1 heterocycles. The van der Waals surface area contributed by atoms with Gasteiger partial charge in [0.15, 0.2) is 11.9 Å². The van der Waals surface area contributed by atoms with E-state index in [0.717, 1.165) is 0 Å². The van der Waals surface area contributed by atoms with Crippen LogP contribution in [0.15, 0.2) is 71.8 Å². The van der Waals surface area contributed by atoms with E-state index in [1.54, 1.807) is 83.1 Å². The quantitative estimate of drug-likeness (QED) is 0.175. The molecule has 2 bridgehead atoms. The van der Waals surface area contributed by atoms with Gasteiger partial charge >= 0.3 is 11.9 Å². The van der Waals surface area contributed by atoms with Gasteiger partial charge < -0.3 is 45.1 Å². The van der Waals surface area contributed by atoms with E-state index in [2.05, 4.69) is 5.32 Å². The van der Waals surface area contributed by atoms with E-state index < -0.39 is 106 Å². The Bertz CT molecular complexity index is 1850. The molecule has 8 unspecified atom stereocenters. The third-order valence-corrected chi connectivity index (χ3v) is 12.7. The van der Waals surface area contributed by atoms with Gasteiger partial charge in [-0.25, -0.2) is 9.59 Å². The van der Waals surface area contributed by atoms with Crippen molar-refractivity contribution in [2.45, 2.75) is 115 Å². The van der Waals surface area contributed by atoms with Crippen LogP contribution in [0.1, 0.15) is 82.0 Å². The summed E-state index contributed by atoms with van der Waals surface area (Å²) in [4.78, 5) is 55.7. The number of fused-ring (bicyclic) bond motifs is 5. The van der Waals surface area contributed by atoms with Crippen molar-refractivity contribution in [3.63, 3.8) is 0 Å². The molecule has 2 aromatic carbocycles. The largest absolute Gasteiger partial charge is 0.456 e. The molecule has 6 N–H and O–H groups in total. The van der Waals surface area contributed by atoms with Crippen LogP contribution in [0.4, 0.5) is 0 Å². The minimum atomic E-state index is -2.28. The van der Waals surface area contributed by atoms with E-state index in [1.807, 2.05) is 0 Å². The summed E-state index contributed by atoms with van der Waals surface area (Å²) in [6, 6.07) is 15.0. The van der Waals surface area contributed by atoms with E-state index in [-0.39, 0.29) is 118 Å². The Morgan fingerprint density at radius 3 is 1.98 bits per heavy atom. The first-order chi connectivity index (χ1) is 25.1. The van der Waals surface area contributed by atoms with Crippen LogP contribution in [0, 0.1) is 110 Å². The topological polar surface area (TPSA) is 209 Å². The minimum absolute atomic E-state index is 0. The van der Waals surface area contributed by atoms with Gasteiger partial charge in [0.25, 0.3) is 5.91 Å². The van der Waals surface area contributed by atoms with E-state index in [0.29, 0.717) is 5.56 Å². The Morgan fingerprint density at radius 1 is 0.911 bits per heavy atom. The summed E-state index contributed by atoms with van der Waals surface area (Å²) in [5, 5.41) is 63.3. The fourth-order valence-electron chi connectivity index (χ4n) is 9.31. The van der Waals surface area contributed by atoms with Crippen LogP contribution in [0.3, 0.4) is 0 Å². The smallest absolute Gasteiger partial charge is 0.338 e. The molecule has 2 radical (unpaired) electrons. The Kier molecular flexibility index (Phi) is 14.5. The van der Waals surface area contributed by atoms with Crippen LogP contribution < -0.4 is 5.32 Å². The van der Waals surface area contributed by atoms with Gasteiger partial charge in [0.2, 0.25) is 0 Å². The van der Waals surface area contributed by atoms with Gasteiger partial charge in [0.1, 0.15) is 29.5 Å². The molecule has 1 saturated heterocycles. The van der Waals surface area contributed by atoms with Gasteiger partial charge in [-0.3, -0.25) is 9.59 Å². The second kappa shape index (κ2) is 17.1. The second-order valence-electron chi connectivity index (χ2n) is 17.2. The van der Waals surface area contributed by atoms with E-state index in [4.69, 9.17) is 14.2 Å². The average Bonchev–Trinajstić information content (AvgIpc) is 3.12. The summed E-state index contributed by atoms with van der Waals surface area (Å²) in [7, 11) is 0.